The molecule has 0 unspecified atom stereocenters. The molecular formula is C12H11BrF3NO. The molecule has 6 heteroatoms. The van der Waals surface area contributed by atoms with Gasteiger partial charge in [0.05, 0.1) is 5.56 Å². The van der Waals surface area contributed by atoms with Gasteiger partial charge in [-0.05, 0) is 37.5 Å². The molecule has 1 aromatic carbocycles. The Morgan fingerprint density at radius 1 is 1.28 bits per heavy atom. The van der Waals surface area contributed by atoms with Gasteiger partial charge in [0, 0.05) is 16.1 Å². The zero-order chi connectivity index (χ0) is 13.3. The molecule has 1 fully saturated rings. The molecular weight excluding hydrogens is 311 g/mol. The molecule has 0 bridgehead atoms. The molecule has 1 aliphatic rings. The summed E-state index contributed by atoms with van der Waals surface area (Å²) in [5.41, 5.74) is -0.792. The summed E-state index contributed by atoms with van der Waals surface area (Å²) in [7, 11) is 0. The molecule has 0 saturated heterocycles. The minimum absolute atomic E-state index is 0.0311. The molecule has 0 radical (unpaired) electrons. The number of amides is 1. The van der Waals surface area contributed by atoms with E-state index < -0.39 is 17.6 Å². The summed E-state index contributed by atoms with van der Waals surface area (Å²) in [6.07, 6.45) is -1.61. The van der Waals surface area contributed by atoms with E-state index in [1.165, 1.54) is 6.07 Å². The van der Waals surface area contributed by atoms with Crippen molar-refractivity contribution in [2.24, 2.45) is 0 Å². The van der Waals surface area contributed by atoms with E-state index in [9.17, 15) is 18.0 Å². The molecule has 0 heterocycles. The van der Waals surface area contributed by atoms with Crippen molar-refractivity contribution < 1.29 is 18.0 Å². The van der Waals surface area contributed by atoms with E-state index in [2.05, 4.69) is 21.2 Å². The van der Waals surface area contributed by atoms with Gasteiger partial charge < -0.3 is 5.32 Å². The minimum Gasteiger partial charge on any atom is -0.349 e. The summed E-state index contributed by atoms with van der Waals surface area (Å²) in [5.74, 6) is -0.452. The number of carbonyl (C=O) groups is 1. The standard InChI is InChI=1S/C12H11BrF3NO/c13-9-5-7(4-8(6-9)12(14,15)16)11(18)17-10-2-1-3-10/h4-6,10H,1-3H2,(H,17,18). The monoisotopic (exact) mass is 321 g/mol. The van der Waals surface area contributed by atoms with Gasteiger partial charge in [-0.2, -0.15) is 13.2 Å². The molecule has 2 nitrogen and oxygen atoms in total. The van der Waals surface area contributed by atoms with Crippen LogP contribution in [0.3, 0.4) is 0 Å². The van der Waals surface area contributed by atoms with Crippen molar-refractivity contribution in [1.29, 1.82) is 0 Å². The molecule has 0 spiro atoms. The quantitative estimate of drug-likeness (QED) is 0.883. The smallest absolute Gasteiger partial charge is 0.349 e. The van der Waals surface area contributed by atoms with Crippen LogP contribution >= 0.6 is 15.9 Å². The van der Waals surface area contributed by atoms with Crippen molar-refractivity contribution >= 4 is 21.8 Å². The average Bonchev–Trinajstić information content (AvgIpc) is 2.21. The average molecular weight is 322 g/mol. The first-order valence-electron chi connectivity index (χ1n) is 5.55. The van der Waals surface area contributed by atoms with E-state index in [1.54, 1.807) is 0 Å². The van der Waals surface area contributed by atoms with Crippen LogP contribution in [-0.4, -0.2) is 11.9 Å². The molecule has 1 amide bonds. The third kappa shape index (κ3) is 3.04. The topological polar surface area (TPSA) is 29.1 Å². The maximum Gasteiger partial charge on any atom is 0.416 e. The maximum atomic E-state index is 12.6. The summed E-state index contributed by atoms with van der Waals surface area (Å²) in [4.78, 5) is 11.8. The molecule has 0 atom stereocenters. The Bertz CT molecular complexity index is 469. The number of halogens is 4. The van der Waals surface area contributed by atoms with Crippen LogP contribution in [-0.2, 0) is 6.18 Å². The fourth-order valence-electron chi connectivity index (χ4n) is 1.71. The van der Waals surface area contributed by atoms with Crippen LogP contribution in [0.1, 0.15) is 35.2 Å². The molecule has 2 rings (SSSR count). The lowest BCUT2D eigenvalue weighted by atomic mass is 9.93. The Morgan fingerprint density at radius 3 is 2.44 bits per heavy atom. The maximum absolute atomic E-state index is 12.6. The largest absolute Gasteiger partial charge is 0.416 e. The van der Waals surface area contributed by atoms with Crippen LogP contribution in [0.4, 0.5) is 13.2 Å². The molecule has 1 aliphatic carbocycles. The summed E-state index contributed by atoms with van der Waals surface area (Å²) in [6, 6.07) is 3.33. The lowest BCUT2D eigenvalue weighted by molar-refractivity contribution is -0.137. The van der Waals surface area contributed by atoms with Gasteiger partial charge in [-0.25, -0.2) is 0 Å². The first-order chi connectivity index (χ1) is 8.36. The van der Waals surface area contributed by atoms with Gasteiger partial charge in [-0.15, -0.1) is 0 Å². The number of nitrogens with one attached hydrogen (secondary N) is 1. The van der Waals surface area contributed by atoms with E-state index in [-0.39, 0.29) is 16.1 Å². The Balaban J connectivity index is 2.21. The SMILES string of the molecule is O=C(NC1CCC1)c1cc(Br)cc(C(F)(F)F)c1. The lowest BCUT2D eigenvalue weighted by Gasteiger charge is -2.26. The first-order valence-corrected chi connectivity index (χ1v) is 6.34. The van der Waals surface area contributed by atoms with Crippen molar-refractivity contribution in [3.8, 4) is 0 Å². The second kappa shape index (κ2) is 4.91. The van der Waals surface area contributed by atoms with E-state index >= 15 is 0 Å². The molecule has 98 valence electrons. The van der Waals surface area contributed by atoms with E-state index in [4.69, 9.17) is 0 Å². The minimum atomic E-state index is -4.45. The van der Waals surface area contributed by atoms with Crippen LogP contribution in [0.25, 0.3) is 0 Å². The van der Waals surface area contributed by atoms with E-state index in [0.717, 1.165) is 31.4 Å². The van der Waals surface area contributed by atoms with E-state index in [1.807, 2.05) is 0 Å². The molecule has 1 N–H and O–H groups in total. The molecule has 1 saturated carbocycles. The van der Waals surface area contributed by atoms with Crippen molar-refractivity contribution in [2.45, 2.75) is 31.5 Å². The highest BCUT2D eigenvalue weighted by atomic mass is 79.9. The molecule has 0 aliphatic heterocycles. The number of hydrogen-bond acceptors (Lipinski definition) is 1. The van der Waals surface area contributed by atoms with Crippen LogP contribution in [0.2, 0.25) is 0 Å². The molecule has 1 aromatic rings. The molecule has 0 aromatic heterocycles. The third-order valence-electron chi connectivity index (χ3n) is 2.93. The van der Waals surface area contributed by atoms with Crippen molar-refractivity contribution in [3.05, 3.63) is 33.8 Å². The second-order valence-electron chi connectivity index (χ2n) is 4.33. The van der Waals surface area contributed by atoms with Crippen LogP contribution in [0, 0.1) is 0 Å². The molecule has 18 heavy (non-hydrogen) atoms. The number of alkyl halides is 3. The zero-order valence-electron chi connectivity index (χ0n) is 9.35. The Kier molecular flexibility index (Phi) is 3.66. The van der Waals surface area contributed by atoms with Crippen molar-refractivity contribution in [1.82, 2.24) is 5.32 Å². The van der Waals surface area contributed by atoms with Gasteiger partial charge in [-0.1, -0.05) is 15.9 Å². The van der Waals surface area contributed by atoms with Crippen molar-refractivity contribution in [3.63, 3.8) is 0 Å². The Labute approximate surface area is 111 Å². The highest BCUT2D eigenvalue weighted by Crippen LogP contribution is 2.32. The fraction of sp³-hybridized carbons (Fsp3) is 0.417. The van der Waals surface area contributed by atoms with Crippen molar-refractivity contribution in [2.75, 3.05) is 0 Å². The predicted octanol–water partition coefficient (Wildman–Crippen LogP) is 3.75. The fourth-order valence-corrected chi connectivity index (χ4v) is 2.20. The number of hydrogen-bond donors (Lipinski definition) is 1. The second-order valence-corrected chi connectivity index (χ2v) is 5.24. The normalized spacial score (nSPS) is 16.2. The highest BCUT2D eigenvalue weighted by molar-refractivity contribution is 9.10. The summed E-state index contributed by atoms with van der Waals surface area (Å²) in [6.45, 7) is 0. The highest BCUT2D eigenvalue weighted by Gasteiger charge is 2.32. The summed E-state index contributed by atoms with van der Waals surface area (Å²) >= 11 is 2.99. The van der Waals surface area contributed by atoms with Gasteiger partial charge in [-0.3, -0.25) is 4.79 Å². The zero-order valence-corrected chi connectivity index (χ0v) is 10.9. The third-order valence-corrected chi connectivity index (χ3v) is 3.39. The van der Waals surface area contributed by atoms with Gasteiger partial charge in [0.2, 0.25) is 0 Å². The van der Waals surface area contributed by atoms with Crippen LogP contribution in [0.15, 0.2) is 22.7 Å². The Hall–Kier alpha value is -1.04. The van der Waals surface area contributed by atoms with E-state index in [0.29, 0.717) is 0 Å². The first kappa shape index (κ1) is 13.4. The van der Waals surface area contributed by atoms with Gasteiger partial charge in [0.25, 0.3) is 5.91 Å². The summed E-state index contributed by atoms with van der Waals surface area (Å²) in [5, 5.41) is 2.71. The van der Waals surface area contributed by atoms with Crippen LogP contribution in [0.5, 0.6) is 0 Å². The van der Waals surface area contributed by atoms with Crippen LogP contribution < -0.4 is 5.32 Å². The van der Waals surface area contributed by atoms with Gasteiger partial charge in [0.1, 0.15) is 0 Å². The van der Waals surface area contributed by atoms with Gasteiger partial charge >= 0.3 is 6.18 Å². The predicted molar refractivity (Wildman–Crippen MR) is 64.2 cm³/mol. The lowest BCUT2D eigenvalue weighted by Crippen LogP contribution is -2.39. The number of benzene rings is 1. The number of carbonyl (C=O) groups excluding carboxylic acids is 1. The Morgan fingerprint density at radius 2 is 1.94 bits per heavy atom. The van der Waals surface area contributed by atoms with Gasteiger partial charge in [0.15, 0.2) is 0 Å². The number of rotatable bonds is 2. The summed E-state index contributed by atoms with van der Waals surface area (Å²) < 4.78 is 38.0.